The summed E-state index contributed by atoms with van der Waals surface area (Å²) < 4.78 is 0. The molecule has 0 bridgehead atoms. The zero-order valence-corrected chi connectivity index (χ0v) is 10.9. The van der Waals surface area contributed by atoms with Gasteiger partial charge in [0.25, 0.3) is 0 Å². The van der Waals surface area contributed by atoms with E-state index in [1.54, 1.807) is 0 Å². The lowest BCUT2D eigenvalue weighted by molar-refractivity contribution is -0.0163. The summed E-state index contributed by atoms with van der Waals surface area (Å²) in [6.07, 6.45) is 6.70. The lowest BCUT2D eigenvalue weighted by atomic mass is 9.84. The highest BCUT2D eigenvalue weighted by Crippen LogP contribution is 2.32. The molecule has 16 heavy (non-hydrogen) atoms. The number of hydrogen-bond acceptors (Lipinski definition) is 3. The second kappa shape index (κ2) is 5.03. The third-order valence-electron chi connectivity index (χ3n) is 4.54. The van der Waals surface area contributed by atoms with Crippen LogP contribution in [0.5, 0.6) is 0 Å². The van der Waals surface area contributed by atoms with E-state index in [4.69, 9.17) is 5.73 Å². The Hall–Kier alpha value is -0.120. The Labute approximate surface area is 100.0 Å². The molecule has 0 aliphatic carbocycles. The van der Waals surface area contributed by atoms with Crippen LogP contribution in [-0.2, 0) is 0 Å². The quantitative estimate of drug-likeness (QED) is 0.768. The van der Waals surface area contributed by atoms with E-state index in [9.17, 15) is 0 Å². The first-order chi connectivity index (χ1) is 7.68. The van der Waals surface area contributed by atoms with Gasteiger partial charge in [0.1, 0.15) is 0 Å². The van der Waals surface area contributed by atoms with Crippen molar-refractivity contribution in [2.45, 2.75) is 50.6 Å². The number of nitrogens with zero attached hydrogens (tertiary/aromatic N) is 2. The molecule has 2 aliphatic heterocycles. The summed E-state index contributed by atoms with van der Waals surface area (Å²) >= 11 is 0. The van der Waals surface area contributed by atoms with Crippen molar-refractivity contribution in [3.63, 3.8) is 0 Å². The Morgan fingerprint density at radius 1 is 1.25 bits per heavy atom. The van der Waals surface area contributed by atoms with Crippen molar-refractivity contribution in [3.05, 3.63) is 0 Å². The summed E-state index contributed by atoms with van der Waals surface area (Å²) in [4.78, 5) is 5.17. The van der Waals surface area contributed by atoms with Crippen LogP contribution in [0.25, 0.3) is 0 Å². The smallest absolute Gasteiger partial charge is 0.0461 e. The minimum absolute atomic E-state index is 0.271. The average Bonchev–Trinajstić information content (AvgIpc) is 2.29. The molecule has 2 atom stereocenters. The third-order valence-corrected chi connectivity index (χ3v) is 4.54. The van der Waals surface area contributed by atoms with Crippen molar-refractivity contribution < 1.29 is 0 Å². The van der Waals surface area contributed by atoms with Crippen LogP contribution < -0.4 is 5.73 Å². The van der Waals surface area contributed by atoms with Gasteiger partial charge in [-0.15, -0.1) is 0 Å². The fraction of sp³-hybridized carbons (Fsp3) is 1.00. The van der Waals surface area contributed by atoms with Crippen molar-refractivity contribution in [1.82, 2.24) is 9.80 Å². The second-order valence-electron chi connectivity index (χ2n) is 5.81. The van der Waals surface area contributed by atoms with Crippen molar-refractivity contribution in [1.29, 1.82) is 0 Å². The standard InChI is InChI=1S/C13H27N3/c1-12-6-3-4-9-16(12)13(10-14)7-5-8-15(2)11-13/h12H,3-11,14H2,1-2H3. The van der Waals surface area contributed by atoms with Gasteiger partial charge in [0.2, 0.25) is 0 Å². The van der Waals surface area contributed by atoms with E-state index < -0.39 is 0 Å². The summed E-state index contributed by atoms with van der Waals surface area (Å²) in [5.41, 5.74) is 6.40. The number of hydrogen-bond donors (Lipinski definition) is 1. The minimum Gasteiger partial charge on any atom is -0.329 e. The normalized spacial score (nSPS) is 38.8. The molecule has 2 aliphatic rings. The molecule has 2 rings (SSSR count). The maximum Gasteiger partial charge on any atom is 0.0461 e. The number of rotatable bonds is 2. The first kappa shape index (κ1) is 12.3. The highest BCUT2D eigenvalue weighted by molar-refractivity contribution is 4.99. The SMILES string of the molecule is CC1CCCCN1C1(CN)CCCN(C)C1. The van der Waals surface area contributed by atoms with Gasteiger partial charge in [0, 0.05) is 24.7 Å². The largest absolute Gasteiger partial charge is 0.329 e. The molecule has 0 aromatic rings. The molecule has 2 fully saturated rings. The van der Waals surface area contributed by atoms with Gasteiger partial charge >= 0.3 is 0 Å². The van der Waals surface area contributed by atoms with E-state index in [1.807, 2.05) is 0 Å². The predicted octanol–water partition coefficient (Wildman–Crippen LogP) is 1.28. The van der Waals surface area contributed by atoms with Gasteiger partial charge in [-0.05, 0) is 52.7 Å². The number of likely N-dealkylation sites (tertiary alicyclic amines) is 2. The molecule has 3 nitrogen and oxygen atoms in total. The van der Waals surface area contributed by atoms with Crippen LogP contribution in [0, 0.1) is 0 Å². The van der Waals surface area contributed by atoms with Crippen molar-refractivity contribution in [2.24, 2.45) is 5.73 Å². The Morgan fingerprint density at radius 3 is 2.69 bits per heavy atom. The molecule has 0 radical (unpaired) electrons. The second-order valence-corrected chi connectivity index (χ2v) is 5.81. The van der Waals surface area contributed by atoms with Crippen LogP contribution >= 0.6 is 0 Å². The Bertz CT molecular complexity index is 231. The molecular formula is C13H27N3. The number of nitrogens with two attached hydrogens (primary N) is 1. The maximum atomic E-state index is 6.13. The van der Waals surface area contributed by atoms with Gasteiger partial charge in [0.15, 0.2) is 0 Å². The lowest BCUT2D eigenvalue weighted by Gasteiger charge is -2.52. The van der Waals surface area contributed by atoms with E-state index in [2.05, 4.69) is 23.8 Å². The van der Waals surface area contributed by atoms with E-state index in [0.717, 1.165) is 19.1 Å². The molecule has 3 heteroatoms. The zero-order valence-electron chi connectivity index (χ0n) is 10.9. The lowest BCUT2D eigenvalue weighted by Crippen LogP contribution is -2.65. The molecule has 0 saturated carbocycles. The van der Waals surface area contributed by atoms with Crippen molar-refractivity contribution in [3.8, 4) is 0 Å². The van der Waals surface area contributed by atoms with Gasteiger partial charge in [-0.2, -0.15) is 0 Å². The van der Waals surface area contributed by atoms with E-state index in [-0.39, 0.29) is 5.54 Å². The molecule has 2 N–H and O–H groups in total. The first-order valence-corrected chi connectivity index (χ1v) is 6.83. The molecule has 0 amide bonds. The van der Waals surface area contributed by atoms with Crippen LogP contribution in [0.2, 0.25) is 0 Å². The predicted molar refractivity (Wildman–Crippen MR) is 68.5 cm³/mol. The Balaban J connectivity index is 2.12. The highest BCUT2D eigenvalue weighted by atomic mass is 15.3. The number of piperidine rings is 2. The molecule has 2 unspecified atom stereocenters. The van der Waals surface area contributed by atoms with Gasteiger partial charge in [-0.3, -0.25) is 4.90 Å². The first-order valence-electron chi connectivity index (χ1n) is 6.83. The average molecular weight is 225 g/mol. The topological polar surface area (TPSA) is 32.5 Å². The minimum atomic E-state index is 0.271. The molecule has 2 heterocycles. The fourth-order valence-corrected chi connectivity index (χ4v) is 3.66. The molecule has 2 saturated heterocycles. The summed E-state index contributed by atoms with van der Waals surface area (Å²) in [6.45, 7) is 6.86. The summed E-state index contributed by atoms with van der Waals surface area (Å²) in [7, 11) is 2.23. The van der Waals surface area contributed by atoms with Crippen LogP contribution in [-0.4, -0.2) is 54.6 Å². The van der Waals surface area contributed by atoms with Crippen LogP contribution in [0.15, 0.2) is 0 Å². The Kier molecular flexibility index (Phi) is 3.88. The van der Waals surface area contributed by atoms with Crippen molar-refractivity contribution >= 4 is 0 Å². The molecule has 94 valence electrons. The Morgan fingerprint density at radius 2 is 2.06 bits per heavy atom. The van der Waals surface area contributed by atoms with Gasteiger partial charge in [-0.25, -0.2) is 0 Å². The summed E-state index contributed by atoms with van der Waals surface area (Å²) in [5.74, 6) is 0. The van der Waals surface area contributed by atoms with Crippen LogP contribution in [0.4, 0.5) is 0 Å². The van der Waals surface area contributed by atoms with E-state index >= 15 is 0 Å². The van der Waals surface area contributed by atoms with Crippen LogP contribution in [0.1, 0.15) is 39.0 Å². The third kappa shape index (κ3) is 2.27. The summed E-state index contributed by atoms with van der Waals surface area (Å²) in [5, 5.41) is 0. The van der Waals surface area contributed by atoms with Crippen LogP contribution in [0.3, 0.4) is 0 Å². The van der Waals surface area contributed by atoms with Gasteiger partial charge < -0.3 is 10.6 Å². The van der Waals surface area contributed by atoms with E-state index in [0.29, 0.717) is 0 Å². The van der Waals surface area contributed by atoms with Gasteiger partial charge in [-0.1, -0.05) is 6.42 Å². The molecular weight excluding hydrogens is 198 g/mol. The highest BCUT2D eigenvalue weighted by Gasteiger charge is 2.41. The van der Waals surface area contributed by atoms with Gasteiger partial charge in [0.05, 0.1) is 0 Å². The molecule has 0 aromatic heterocycles. The monoisotopic (exact) mass is 225 g/mol. The maximum absolute atomic E-state index is 6.13. The number of likely N-dealkylation sites (N-methyl/N-ethyl adjacent to an activating group) is 1. The molecule has 0 spiro atoms. The molecule has 0 aromatic carbocycles. The van der Waals surface area contributed by atoms with Crippen molar-refractivity contribution in [2.75, 3.05) is 33.2 Å². The fourth-order valence-electron chi connectivity index (χ4n) is 3.66. The summed E-state index contributed by atoms with van der Waals surface area (Å²) in [6, 6.07) is 0.726. The van der Waals surface area contributed by atoms with E-state index in [1.165, 1.54) is 45.2 Å². The zero-order chi connectivity index (χ0) is 11.6.